The van der Waals surface area contributed by atoms with E-state index in [1.165, 1.54) is 0 Å². The van der Waals surface area contributed by atoms with Crippen LogP contribution in [0.2, 0.25) is 0 Å². The number of alkyl halides is 3. The van der Waals surface area contributed by atoms with Crippen LogP contribution in [0.4, 0.5) is 22.0 Å². The summed E-state index contributed by atoms with van der Waals surface area (Å²) < 4.78 is 63.0. The van der Waals surface area contributed by atoms with Crippen molar-refractivity contribution in [3.05, 3.63) is 35.4 Å². The lowest BCUT2D eigenvalue weighted by Gasteiger charge is -2.20. The summed E-state index contributed by atoms with van der Waals surface area (Å²) in [5, 5.41) is 4.44. The fraction of sp³-hybridized carbons (Fsp3) is 0.500. The molecule has 2 rings (SSSR count). The lowest BCUT2D eigenvalue weighted by molar-refractivity contribution is -0.128. The standard InChI is InChI=1S/C14H15F5N2O/c15-9-3-4-11(16)10(5-9)13(8-1-2-8)21-12(22)6-20-7-14(17,18)19/h3-5,8,13,20H,1-2,6-7H2,(H,21,22)/t13-/m0/s1. The van der Waals surface area contributed by atoms with E-state index < -0.39 is 42.8 Å². The first kappa shape index (κ1) is 16.7. The maximum absolute atomic E-state index is 13.8. The van der Waals surface area contributed by atoms with Crippen LogP contribution in [0.1, 0.15) is 24.4 Å². The number of rotatable bonds is 6. The largest absolute Gasteiger partial charge is 0.401 e. The zero-order chi connectivity index (χ0) is 16.3. The van der Waals surface area contributed by atoms with Gasteiger partial charge in [-0.15, -0.1) is 0 Å². The molecule has 1 aliphatic carbocycles. The topological polar surface area (TPSA) is 41.1 Å². The van der Waals surface area contributed by atoms with Gasteiger partial charge in [-0.05, 0) is 37.0 Å². The van der Waals surface area contributed by atoms with E-state index in [4.69, 9.17) is 0 Å². The molecule has 122 valence electrons. The lowest BCUT2D eigenvalue weighted by atomic mass is 10.0. The molecule has 1 aromatic rings. The van der Waals surface area contributed by atoms with Gasteiger partial charge in [0.2, 0.25) is 5.91 Å². The highest BCUT2D eigenvalue weighted by molar-refractivity contribution is 5.78. The Morgan fingerprint density at radius 2 is 1.95 bits per heavy atom. The molecule has 2 N–H and O–H groups in total. The molecule has 1 amide bonds. The first-order chi connectivity index (χ1) is 10.3. The van der Waals surface area contributed by atoms with Gasteiger partial charge in [-0.25, -0.2) is 8.78 Å². The van der Waals surface area contributed by atoms with E-state index in [1.54, 1.807) is 0 Å². The zero-order valence-electron chi connectivity index (χ0n) is 11.5. The SMILES string of the molecule is O=C(CNCC(F)(F)F)N[C@H](c1cc(F)ccc1F)C1CC1. The van der Waals surface area contributed by atoms with Crippen molar-refractivity contribution in [3.8, 4) is 0 Å². The normalized spacial score (nSPS) is 16.4. The molecule has 3 nitrogen and oxygen atoms in total. The highest BCUT2D eigenvalue weighted by Gasteiger charge is 2.35. The second-order valence-electron chi connectivity index (χ2n) is 5.27. The van der Waals surface area contributed by atoms with Gasteiger partial charge in [-0.1, -0.05) is 0 Å². The van der Waals surface area contributed by atoms with Gasteiger partial charge in [0.05, 0.1) is 19.1 Å². The number of halogens is 5. The fourth-order valence-electron chi connectivity index (χ4n) is 2.17. The molecule has 1 aromatic carbocycles. The van der Waals surface area contributed by atoms with E-state index >= 15 is 0 Å². The smallest absolute Gasteiger partial charge is 0.348 e. The molecule has 0 aliphatic heterocycles. The molecule has 1 saturated carbocycles. The fourth-order valence-corrected chi connectivity index (χ4v) is 2.17. The Hall–Kier alpha value is -1.70. The predicted molar refractivity (Wildman–Crippen MR) is 68.9 cm³/mol. The van der Waals surface area contributed by atoms with Gasteiger partial charge in [0.1, 0.15) is 11.6 Å². The zero-order valence-corrected chi connectivity index (χ0v) is 11.5. The van der Waals surface area contributed by atoms with Gasteiger partial charge in [0, 0.05) is 5.56 Å². The summed E-state index contributed by atoms with van der Waals surface area (Å²) in [6.07, 6.45) is -2.92. The summed E-state index contributed by atoms with van der Waals surface area (Å²) in [4.78, 5) is 11.7. The van der Waals surface area contributed by atoms with Crippen LogP contribution >= 0.6 is 0 Å². The summed E-state index contributed by atoms with van der Waals surface area (Å²) in [5.74, 6) is -2.00. The van der Waals surface area contributed by atoms with E-state index in [9.17, 15) is 26.7 Å². The average molecular weight is 322 g/mol. The number of nitrogens with one attached hydrogen (secondary N) is 2. The lowest BCUT2D eigenvalue weighted by Crippen LogP contribution is -2.40. The Morgan fingerprint density at radius 3 is 2.55 bits per heavy atom. The van der Waals surface area contributed by atoms with Gasteiger partial charge >= 0.3 is 6.18 Å². The van der Waals surface area contributed by atoms with Crippen LogP contribution in [0.15, 0.2) is 18.2 Å². The molecular weight excluding hydrogens is 307 g/mol. The second-order valence-corrected chi connectivity index (χ2v) is 5.27. The summed E-state index contributed by atoms with van der Waals surface area (Å²) in [6.45, 7) is -1.83. The monoisotopic (exact) mass is 322 g/mol. The second kappa shape index (κ2) is 6.60. The molecule has 1 atom stereocenters. The maximum atomic E-state index is 13.8. The first-order valence-corrected chi connectivity index (χ1v) is 6.78. The maximum Gasteiger partial charge on any atom is 0.401 e. The van der Waals surface area contributed by atoms with Crippen LogP contribution in [0.3, 0.4) is 0 Å². The molecule has 1 aliphatic rings. The molecule has 22 heavy (non-hydrogen) atoms. The van der Waals surface area contributed by atoms with Gasteiger partial charge in [-0.3, -0.25) is 4.79 Å². The third-order valence-electron chi connectivity index (χ3n) is 3.31. The number of hydrogen-bond donors (Lipinski definition) is 2. The molecule has 0 unspecified atom stereocenters. The Bertz CT molecular complexity index is 543. The van der Waals surface area contributed by atoms with Crippen molar-refractivity contribution < 1.29 is 26.7 Å². The van der Waals surface area contributed by atoms with E-state index in [1.807, 2.05) is 5.32 Å². The van der Waals surface area contributed by atoms with Gasteiger partial charge in [-0.2, -0.15) is 13.2 Å². The third kappa shape index (κ3) is 4.94. The van der Waals surface area contributed by atoms with E-state index in [0.717, 1.165) is 31.0 Å². The minimum atomic E-state index is -4.41. The van der Waals surface area contributed by atoms with Crippen molar-refractivity contribution in [2.24, 2.45) is 5.92 Å². The molecule has 0 aromatic heterocycles. The molecule has 0 saturated heterocycles. The average Bonchev–Trinajstić information content (AvgIpc) is 3.22. The highest BCUT2D eigenvalue weighted by atomic mass is 19.4. The number of amides is 1. The van der Waals surface area contributed by atoms with Gasteiger partial charge < -0.3 is 10.6 Å². The predicted octanol–water partition coefficient (Wildman–Crippen LogP) is 2.68. The summed E-state index contributed by atoms with van der Waals surface area (Å²) in [7, 11) is 0. The number of carbonyl (C=O) groups is 1. The molecule has 0 bridgehead atoms. The van der Waals surface area contributed by atoms with Crippen LogP contribution < -0.4 is 10.6 Å². The van der Waals surface area contributed by atoms with Crippen molar-refractivity contribution >= 4 is 5.91 Å². The highest BCUT2D eigenvalue weighted by Crippen LogP contribution is 2.41. The molecular formula is C14H15F5N2O. The Balaban J connectivity index is 1.97. The number of benzene rings is 1. The van der Waals surface area contributed by atoms with E-state index in [0.29, 0.717) is 0 Å². The minimum absolute atomic E-state index is 0.0201. The van der Waals surface area contributed by atoms with Crippen molar-refractivity contribution in [2.75, 3.05) is 13.1 Å². The van der Waals surface area contributed by atoms with Crippen LogP contribution in [-0.2, 0) is 4.79 Å². The minimum Gasteiger partial charge on any atom is -0.348 e. The van der Waals surface area contributed by atoms with Crippen molar-refractivity contribution in [2.45, 2.75) is 25.1 Å². The molecule has 0 spiro atoms. The van der Waals surface area contributed by atoms with Gasteiger partial charge in [0.15, 0.2) is 0 Å². The molecule has 1 fully saturated rings. The van der Waals surface area contributed by atoms with Crippen LogP contribution in [0.5, 0.6) is 0 Å². The van der Waals surface area contributed by atoms with E-state index in [2.05, 4.69) is 5.32 Å². The molecule has 0 heterocycles. The Kier molecular flexibility index (Phi) is 5.00. The number of hydrogen-bond acceptors (Lipinski definition) is 2. The quantitative estimate of drug-likeness (QED) is 0.791. The Morgan fingerprint density at radius 1 is 1.27 bits per heavy atom. The van der Waals surface area contributed by atoms with Crippen molar-refractivity contribution in [3.63, 3.8) is 0 Å². The van der Waals surface area contributed by atoms with Crippen LogP contribution in [0, 0.1) is 17.6 Å². The molecule has 8 heteroatoms. The third-order valence-corrected chi connectivity index (χ3v) is 3.31. The summed E-state index contributed by atoms with van der Waals surface area (Å²) in [5.41, 5.74) is 0.0201. The van der Waals surface area contributed by atoms with Crippen LogP contribution in [-0.4, -0.2) is 25.2 Å². The van der Waals surface area contributed by atoms with Crippen LogP contribution in [0.25, 0.3) is 0 Å². The Labute approximate surface area is 123 Å². The molecule has 0 radical (unpaired) electrons. The summed E-state index contributed by atoms with van der Waals surface area (Å²) in [6, 6.07) is 2.21. The van der Waals surface area contributed by atoms with E-state index in [-0.39, 0.29) is 11.5 Å². The van der Waals surface area contributed by atoms with Crippen molar-refractivity contribution in [1.82, 2.24) is 10.6 Å². The van der Waals surface area contributed by atoms with Gasteiger partial charge in [0.25, 0.3) is 0 Å². The number of carbonyl (C=O) groups excluding carboxylic acids is 1. The van der Waals surface area contributed by atoms with Crippen molar-refractivity contribution in [1.29, 1.82) is 0 Å². The first-order valence-electron chi connectivity index (χ1n) is 6.78. The summed E-state index contributed by atoms with van der Waals surface area (Å²) >= 11 is 0.